The van der Waals surface area contributed by atoms with Crippen molar-refractivity contribution in [2.75, 3.05) is 18.9 Å². The van der Waals surface area contributed by atoms with Gasteiger partial charge in [0.1, 0.15) is 5.82 Å². The van der Waals surface area contributed by atoms with Crippen LogP contribution in [-0.2, 0) is 13.0 Å². The lowest BCUT2D eigenvalue weighted by Crippen LogP contribution is -2.37. The molecule has 0 radical (unpaired) electrons. The van der Waals surface area contributed by atoms with Gasteiger partial charge in [0.2, 0.25) is 0 Å². The molecule has 3 aromatic carbocycles. The molecule has 3 aromatic rings. The van der Waals surface area contributed by atoms with E-state index in [1.165, 1.54) is 41.5 Å². The fourth-order valence-corrected chi connectivity index (χ4v) is 3.93. The van der Waals surface area contributed by atoms with Gasteiger partial charge in [-0.05, 0) is 61.0 Å². The number of nitrogens with zero attached hydrogens (tertiary/aromatic N) is 1. The maximum absolute atomic E-state index is 13.6. The minimum absolute atomic E-state index is 0.0141. The third-order valence-electron chi connectivity index (χ3n) is 5.21. The van der Waals surface area contributed by atoms with Crippen molar-refractivity contribution in [2.45, 2.75) is 19.3 Å². The second kappa shape index (κ2) is 11.7. The molecule has 0 atom stereocenters. The summed E-state index contributed by atoms with van der Waals surface area (Å²) in [4.78, 5) is 25.4. The lowest BCUT2D eigenvalue weighted by molar-refractivity contribution is -0.146. The zero-order valence-electron chi connectivity index (χ0n) is 18.9. The van der Waals surface area contributed by atoms with E-state index in [4.69, 9.17) is 23.2 Å². The molecule has 0 unspecified atom stereocenters. The highest BCUT2D eigenvalue weighted by atomic mass is 35.5. The van der Waals surface area contributed by atoms with Gasteiger partial charge in [-0.15, -0.1) is 0 Å². The van der Waals surface area contributed by atoms with Crippen molar-refractivity contribution in [1.29, 1.82) is 0 Å². The molecule has 1 aliphatic heterocycles. The van der Waals surface area contributed by atoms with Gasteiger partial charge in [0.15, 0.2) is 0 Å². The van der Waals surface area contributed by atoms with Crippen LogP contribution in [-0.4, -0.2) is 36.6 Å². The van der Waals surface area contributed by atoms with Crippen LogP contribution >= 0.6 is 23.2 Å². The Balaban J connectivity index is 0.000000236. The average molecular weight is 542 g/mol. The first-order chi connectivity index (χ1) is 16.9. The van der Waals surface area contributed by atoms with Crippen LogP contribution in [0.2, 0.25) is 10.0 Å². The molecular weight excluding hydrogens is 521 g/mol. The molecule has 4 rings (SSSR count). The Bertz CT molecular complexity index is 1250. The summed E-state index contributed by atoms with van der Waals surface area (Å²) in [6.45, 7) is 1.87. The Morgan fingerprint density at radius 3 is 2.28 bits per heavy atom. The van der Waals surface area contributed by atoms with E-state index in [1.807, 2.05) is 18.2 Å². The van der Waals surface area contributed by atoms with E-state index >= 15 is 0 Å². The fraction of sp³-hybridized carbons (Fsp3) is 0.200. The van der Waals surface area contributed by atoms with Crippen LogP contribution in [0.25, 0.3) is 0 Å². The van der Waals surface area contributed by atoms with Crippen molar-refractivity contribution in [3.8, 4) is 0 Å². The number of carbonyl (C=O) groups excluding carboxylic acids is 2. The Hall–Kier alpha value is -3.14. The van der Waals surface area contributed by atoms with Crippen molar-refractivity contribution in [3.63, 3.8) is 0 Å². The smallest absolute Gasteiger partial charge is 0.322 e. The SMILES string of the molecule is CN1CCc2ccc(NC(=O)c3cc(F)c(Cl)cc3Cl)cc2C1.O=C(NC(F)(F)F)c1ccccc1. The Morgan fingerprint density at radius 2 is 1.61 bits per heavy atom. The maximum atomic E-state index is 13.6. The predicted molar refractivity (Wildman–Crippen MR) is 131 cm³/mol. The Kier molecular flexibility index (Phi) is 8.94. The summed E-state index contributed by atoms with van der Waals surface area (Å²) in [5, 5.41) is 3.66. The van der Waals surface area contributed by atoms with Crippen LogP contribution in [0.4, 0.5) is 23.2 Å². The van der Waals surface area contributed by atoms with Crippen molar-refractivity contribution in [2.24, 2.45) is 0 Å². The fourth-order valence-electron chi connectivity index (χ4n) is 3.46. The molecule has 0 fully saturated rings. The summed E-state index contributed by atoms with van der Waals surface area (Å²) in [5.41, 5.74) is 3.18. The first-order valence-electron chi connectivity index (χ1n) is 10.6. The molecule has 1 aliphatic rings. The van der Waals surface area contributed by atoms with Crippen molar-refractivity contribution in [3.05, 3.63) is 98.8 Å². The van der Waals surface area contributed by atoms with Crippen LogP contribution in [0.15, 0.2) is 60.7 Å². The minimum atomic E-state index is -4.67. The van der Waals surface area contributed by atoms with E-state index in [2.05, 4.69) is 17.3 Å². The molecule has 5 nitrogen and oxygen atoms in total. The highest BCUT2D eigenvalue weighted by Crippen LogP contribution is 2.26. The number of nitrogens with one attached hydrogen (secondary N) is 2. The van der Waals surface area contributed by atoms with Crippen LogP contribution in [0, 0.1) is 5.82 Å². The number of hydrogen-bond acceptors (Lipinski definition) is 3. The molecule has 0 bridgehead atoms. The molecule has 0 saturated heterocycles. The number of halogens is 6. The van der Waals surface area contributed by atoms with Crippen LogP contribution in [0.5, 0.6) is 0 Å². The van der Waals surface area contributed by atoms with Gasteiger partial charge in [0.25, 0.3) is 11.8 Å². The number of carbonyl (C=O) groups is 2. The van der Waals surface area contributed by atoms with Gasteiger partial charge in [0, 0.05) is 24.3 Å². The molecule has 1 heterocycles. The number of hydrogen-bond donors (Lipinski definition) is 2. The van der Waals surface area contributed by atoms with Gasteiger partial charge in [-0.25, -0.2) is 4.39 Å². The number of anilines is 1. The summed E-state index contributed by atoms with van der Waals surface area (Å²) in [6, 6.07) is 15.3. The van der Waals surface area contributed by atoms with Crippen LogP contribution in [0.3, 0.4) is 0 Å². The van der Waals surface area contributed by atoms with Crippen LogP contribution in [0.1, 0.15) is 31.8 Å². The van der Waals surface area contributed by atoms with Gasteiger partial charge in [-0.2, -0.15) is 13.2 Å². The van der Waals surface area contributed by atoms with E-state index in [0.29, 0.717) is 5.69 Å². The number of rotatable bonds is 3. The largest absolute Gasteiger partial charge is 0.484 e. The van der Waals surface area contributed by atoms with Gasteiger partial charge < -0.3 is 10.2 Å². The van der Waals surface area contributed by atoms with E-state index in [1.54, 1.807) is 6.07 Å². The van der Waals surface area contributed by atoms with Gasteiger partial charge in [-0.1, -0.05) is 47.5 Å². The number of fused-ring (bicyclic) bond motifs is 1. The molecule has 36 heavy (non-hydrogen) atoms. The Morgan fingerprint density at radius 1 is 0.917 bits per heavy atom. The standard InChI is InChI=1S/C17H15Cl2FN2O.C8H6F3NO/c1-22-5-4-10-2-3-12(6-11(10)9-22)21-17(23)13-7-16(20)15(19)8-14(13)18;9-8(10,11)12-7(13)6-4-2-1-3-5-6/h2-3,6-8H,4-5,9H2,1H3,(H,21,23);1-5H,(H,12,13). The second-order valence-corrected chi connectivity index (χ2v) is 8.80. The number of amides is 2. The Labute approximate surface area is 215 Å². The lowest BCUT2D eigenvalue weighted by Gasteiger charge is -2.25. The quantitative estimate of drug-likeness (QED) is 0.232. The third-order valence-corrected chi connectivity index (χ3v) is 5.82. The predicted octanol–water partition coefficient (Wildman–Crippen LogP) is 6.31. The topological polar surface area (TPSA) is 61.4 Å². The third kappa shape index (κ3) is 7.68. The molecule has 0 aromatic heterocycles. The molecule has 2 N–H and O–H groups in total. The van der Waals surface area contributed by atoms with Crippen LogP contribution < -0.4 is 10.6 Å². The zero-order chi connectivity index (χ0) is 26.5. The van der Waals surface area contributed by atoms with Gasteiger partial charge in [-0.3, -0.25) is 14.9 Å². The normalized spacial score (nSPS) is 13.2. The first-order valence-corrected chi connectivity index (χ1v) is 11.4. The summed E-state index contributed by atoms with van der Waals surface area (Å²) in [5.74, 6) is -2.28. The summed E-state index contributed by atoms with van der Waals surface area (Å²) in [6.07, 6.45) is -3.68. The van der Waals surface area contributed by atoms with Crippen molar-refractivity contribution in [1.82, 2.24) is 10.2 Å². The van der Waals surface area contributed by atoms with Gasteiger partial charge in [0.05, 0.1) is 15.6 Å². The summed E-state index contributed by atoms with van der Waals surface area (Å²) in [7, 11) is 2.06. The molecular formula is C25H21Cl2F4N3O2. The second-order valence-electron chi connectivity index (χ2n) is 7.99. The van der Waals surface area contributed by atoms with E-state index in [9.17, 15) is 27.2 Å². The molecule has 190 valence electrons. The number of alkyl halides is 3. The molecule has 2 amide bonds. The monoisotopic (exact) mass is 541 g/mol. The number of benzene rings is 3. The molecule has 0 aliphatic carbocycles. The number of likely N-dealkylation sites (N-methyl/N-ethyl adjacent to an activating group) is 1. The summed E-state index contributed by atoms with van der Waals surface area (Å²) >= 11 is 11.6. The molecule has 11 heteroatoms. The van der Waals surface area contributed by atoms with Gasteiger partial charge >= 0.3 is 6.30 Å². The summed E-state index contributed by atoms with van der Waals surface area (Å²) < 4.78 is 48.5. The first kappa shape index (κ1) is 27.4. The lowest BCUT2D eigenvalue weighted by atomic mass is 9.99. The highest BCUT2D eigenvalue weighted by Gasteiger charge is 2.30. The van der Waals surface area contributed by atoms with E-state index in [0.717, 1.165) is 30.9 Å². The van der Waals surface area contributed by atoms with E-state index in [-0.39, 0.29) is 21.2 Å². The molecule has 0 saturated carbocycles. The maximum Gasteiger partial charge on any atom is 0.484 e. The van der Waals surface area contributed by atoms with Crippen molar-refractivity contribution < 1.29 is 27.2 Å². The van der Waals surface area contributed by atoms with E-state index < -0.39 is 23.9 Å². The molecule has 0 spiro atoms. The average Bonchev–Trinajstić information content (AvgIpc) is 2.81. The highest BCUT2D eigenvalue weighted by molar-refractivity contribution is 6.37. The minimum Gasteiger partial charge on any atom is -0.322 e. The van der Waals surface area contributed by atoms with Crippen molar-refractivity contribution >= 4 is 40.7 Å². The zero-order valence-corrected chi connectivity index (χ0v) is 20.4.